The lowest BCUT2D eigenvalue weighted by molar-refractivity contribution is -0.0259. The highest BCUT2D eigenvalue weighted by molar-refractivity contribution is 4.93. The van der Waals surface area contributed by atoms with Crippen LogP contribution in [0, 0.1) is 5.92 Å². The van der Waals surface area contributed by atoms with Crippen molar-refractivity contribution in [3.63, 3.8) is 0 Å². The van der Waals surface area contributed by atoms with E-state index in [1.165, 1.54) is 12.8 Å². The van der Waals surface area contributed by atoms with Crippen molar-refractivity contribution in [1.29, 1.82) is 0 Å². The molecule has 0 bridgehead atoms. The third-order valence-electron chi connectivity index (χ3n) is 4.03. The van der Waals surface area contributed by atoms with E-state index in [9.17, 15) is 5.11 Å². The molecule has 0 aromatic heterocycles. The van der Waals surface area contributed by atoms with Gasteiger partial charge in [0.05, 0.1) is 5.60 Å². The minimum atomic E-state index is -0.470. The number of nitrogens with one attached hydrogen (secondary N) is 1. The van der Waals surface area contributed by atoms with Crippen LogP contribution >= 0.6 is 0 Å². The van der Waals surface area contributed by atoms with Crippen LogP contribution in [0.4, 0.5) is 0 Å². The molecule has 1 fully saturated rings. The summed E-state index contributed by atoms with van der Waals surface area (Å²) in [5.41, 5.74) is -0.470. The highest BCUT2D eigenvalue weighted by Crippen LogP contribution is 2.30. The molecule has 3 unspecified atom stereocenters. The van der Waals surface area contributed by atoms with Crippen molar-refractivity contribution in [1.82, 2.24) is 5.32 Å². The molecule has 3 atom stereocenters. The lowest BCUT2D eigenvalue weighted by Crippen LogP contribution is -2.54. The van der Waals surface area contributed by atoms with E-state index in [1.54, 1.807) is 0 Å². The summed E-state index contributed by atoms with van der Waals surface area (Å²) in [6, 6.07) is 0.321. The molecule has 90 valence electrons. The zero-order chi connectivity index (χ0) is 11.3. The largest absolute Gasteiger partial charge is 0.388 e. The molecule has 15 heavy (non-hydrogen) atoms. The van der Waals surface area contributed by atoms with Gasteiger partial charge in [0.15, 0.2) is 0 Å². The molecule has 1 aliphatic heterocycles. The summed E-state index contributed by atoms with van der Waals surface area (Å²) < 4.78 is 0. The highest BCUT2D eigenvalue weighted by Gasteiger charge is 2.36. The van der Waals surface area contributed by atoms with Gasteiger partial charge in [-0.1, -0.05) is 33.6 Å². The van der Waals surface area contributed by atoms with Gasteiger partial charge in [0, 0.05) is 6.04 Å². The molecule has 1 rings (SSSR count). The van der Waals surface area contributed by atoms with Crippen LogP contribution in [0.3, 0.4) is 0 Å². The molecule has 0 aromatic carbocycles. The average Bonchev–Trinajstić information content (AvgIpc) is 2.29. The van der Waals surface area contributed by atoms with E-state index in [-0.39, 0.29) is 0 Å². The Balaban J connectivity index is 2.58. The fourth-order valence-corrected chi connectivity index (χ4v) is 2.81. The van der Waals surface area contributed by atoms with E-state index in [1.807, 2.05) is 0 Å². The molecule has 0 aromatic rings. The minimum absolute atomic E-state index is 0.321. The quantitative estimate of drug-likeness (QED) is 0.736. The second-order valence-corrected chi connectivity index (χ2v) is 5.01. The molecule has 0 saturated carbocycles. The SMILES string of the molecule is CCCC(O)(CC)C1CC(CC)CCN1. The molecule has 1 aliphatic rings. The van der Waals surface area contributed by atoms with Crippen LogP contribution in [-0.4, -0.2) is 23.3 Å². The smallest absolute Gasteiger partial charge is 0.0797 e. The van der Waals surface area contributed by atoms with Gasteiger partial charge in [0.25, 0.3) is 0 Å². The maximum absolute atomic E-state index is 10.6. The molecule has 2 heteroatoms. The van der Waals surface area contributed by atoms with Gasteiger partial charge < -0.3 is 10.4 Å². The van der Waals surface area contributed by atoms with Crippen molar-refractivity contribution in [3.05, 3.63) is 0 Å². The monoisotopic (exact) mass is 213 g/mol. The Morgan fingerprint density at radius 2 is 2.07 bits per heavy atom. The number of rotatable bonds is 5. The van der Waals surface area contributed by atoms with Gasteiger partial charge in [-0.15, -0.1) is 0 Å². The molecular formula is C13H27NO. The van der Waals surface area contributed by atoms with Crippen LogP contribution in [0.2, 0.25) is 0 Å². The van der Waals surface area contributed by atoms with Crippen LogP contribution in [0.1, 0.15) is 59.3 Å². The fraction of sp³-hybridized carbons (Fsp3) is 1.00. The van der Waals surface area contributed by atoms with Gasteiger partial charge in [-0.2, -0.15) is 0 Å². The van der Waals surface area contributed by atoms with Gasteiger partial charge in [0.1, 0.15) is 0 Å². The topological polar surface area (TPSA) is 32.3 Å². The van der Waals surface area contributed by atoms with Gasteiger partial charge in [0.2, 0.25) is 0 Å². The summed E-state index contributed by atoms with van der Waals surface area (Å²) in [6.07, 6.45) is 6.55. The number of aliphatic hydroxyl groups is 1. The van der Waals surface area contributed by atoms with Crippen molar-refractivity contribution in [2.75, 3.05) is 6.54 Å². The summed E-state index contributed by atoms with van der Waals surface area (Å²) >= 11 is 0. The lowest BCUT2D eigenvalue weighted by Gasteiger charge is -2.41. The summed E-state index contributed by atoms with van der Waals surface area (Å²) in [5.74, 6) is 0.811. The molecular weight excluding hydrogens is 186 g/mol. The summed E-state index contributed by atoms with van der Waals surface area (Å²) in [5, 5.41) is 14.1. The van der Waals surface area contributed by atoms with Crippen molar-refractivity contribution < 1.29 is 5.11 Å². The molecule has 1 heterocycles. The van der Waals surface area contributed by atoms with Crippen molar-refractivity contribution >= 4 is 0 Å². The molecule has 0 amide bonds. The van der Waals surface area contributed by atoms with Crippen molar-refractivity contribution in [3.8, 4) is 0 Å². The van der Waals surface area contributed by atoms with Gasteiger partial charge in [-0.25, -0.2) is 0 Å². The van der Waals surface area contributed by atoms with Crippen LogP contribution in [-0.2, 0) is 0 Å². The van der Waals surface area contributed by atoms with Gasteiger partial charge >= 0.3 is 0 Å². The first-order chi connectivity index (χ1) is 7.16. The predicted molar refractivity (Wildman–Crippen MR) is 65.0 cm³/mol. The normalized spacial score (nSPS) is 31.2. The molecule has 1 saturated heterocycles. The van der Waals surface area contributed by atoms with Crippen LogP contribution in [0.5, 0.6) is 0 Å². The second-order valence-electron chi connectivity index (χ2n) is 5.01. The third kappa shape index (κ3) is 3.18. The van der Waals surface area contributed by atoms with Crippen LogP contribution < -0.4 is 5.32 Å². The Kier molecular flexibility index (Phi) is 5.07. The summed E-state index contributed by atoms with van der Waals surface area (Å²) in [7, 11) is 0. The summed E-state index contributed by atoms with van der Waals surface area (Å²) in [6.45, 7) is 7.60. The molecule has 0 aliphatic carbocycles. The Labute approximate surface area is 94.5 Å². The second kappa shape index (κ2) is 5.86. The molecule has 2 N–H and O–H groups in total. The zero-order valence-electron chi connectivity index (χ0n) is 10.6. The fourth-order valence-electron chi connectivity index (χ4n) is 2.81. The third-order valence-corrected chi connectivity index (χ3v) is 4.03. The number of piperidine rings is 1. The van der Waals surface area contributed by atoms with Gasteiger partial charge in [-0.3, -0.25) is 0 Å². The molecule has 0 radical (unpaired) electrons. The van der Waals surface area contributed by atoms with E-state index in [4.69, 9.17) is 0 Å². The Bertz CT molecular complexity index is 183. The van der Waals surface area contributed by atoms with E-state index < -0.39 is 5.60 Å². The number of hydrogen-bond acceptors (Lipinski definition) is 2. The first-order valence-electron chi connectivity index (χ1n) is 6.62. The van der Waals surface area contributed by atoms with E-state index in [2.05, 4.69) is 26.1 Å². The standard InChI is InChI=1S/C13H27NO/c1-4-8-13(15,6-3)12-10-11(5-2)7-9-14-12/h11-12,14-15H,4-10H2,1-3H3. The zero-order valence-corrected chi connectivity index (χ0v) is 10.6. The molecule has 0 spiro atoms. The van der Waals surface area contributed by atoms with Crippen LogP contribution in [0.15, 0.2) is 0 Å². The summed E-state index contributed by atoms with van der Waals surface area (Å²) in [4.78, 5) is 0. The lowest BCUT2D eigenvalue weighted by atomic mass is 9.78. The maximum Gasteiger partial charge on any atom is 0.0797 e. The Morgan fingerprint density at radius 3 is 2.60 bits per heavy atom. The van der Waals surface area contributed by atoms with E-state index >= 15 is 0 Å². The van der Waals surface area contributed by atoms with Crippen molar-refractivity contribution in [2.24, 2.45) is 5.92 Å². The minimum Gasteiger partial charge on any atom is -0.388 e. The predicted octanol–water partition coefficient (Wildman–Crippen LogP) is 2.71. The van der Waals surface area contributed by atoms with E-state index in [0.29, 0.717) is 6.04 Å². The first-order valence-corrected chi connectivity index (χ1v) is 6.62. The maximum atomic E-state index is 10.6. The number of hydrogen-bond donors (Lipinski definition) is 2. The Hall–Kier alpha value is -0.0800. The Morgan fingerprint density at radius 1 is 1.33 bits per heavy atom. The van der Waals surface area contributed by atoms with Crippen molar-refractivity contribution in [2.45, 2.75) is 70.9 Å². The highest BCUT2D eigenvalue weighted by atomic mass is 16.3. The first kappa shape index (κ1) is 13.0. The van der Waals surface area contributed by atoms with Gasteiger partial charge in [-0.05, 0) is 38.1 Å². The van der Waals surface area contributed by atoms with E-state index in [0.717, 1.165) is 38.1 Å². The molecule has 2 nitrogen and oxygen atoms in total. The average molecular weight is 213 g/mol. The van der Waals surface area contributed by atoms with Crippen LogP contribution in [0.25, 0.3) is 0 Å².